The van der Waals surface area contributed by atoms with Gasteiger partial charge in [-0.15, -0.1) is 0 Å². The van der Waals surface area contributed by atoms with E-state index in [0.717, 1.165) is 38.4 Å². The smallest absolute Gasteiger partial charge is 0.180 e. The molecule has 1 unspecified atom stereocenters. The molecule has 0 bridgehead atoms. The van der Waals surface area contributed by atoms with Gasteiger partial charge in [-0.3, -0.25) is 0 Å². The maximum absolute atomic E-state index is 5.39. The predicted octanol–water partition coefficient (Wildman–Crippen LogP) is 1.33. The molecule has 1 fully saturated rings. The van der Waals surface area contributed by atoms with Gasteiger partial charge in [0, 0.05) is 19.3 Å². The molecular weight excluding hydrogens is 180 g/mol. The van der Waals surface area contributed by atoms with Gasteiger partial charge in [0.15, 0.2) is 6.39 Å². The van der Waals surface area contributed by atoms with Gasteiger partial charge in [0.25, 0.3) is 0 Å². The van der Waals surface area contributed by atoms with Crippen molar-refractivity contribution in [3.8, 4) is 0 Å². The Hall–Kier alpha value is -0.870. The van der Waals surface area contributed by atoms with Crippen LogP contribution in [0.2, 0.25) is 0 Å². The summed E-state index contributed by atoms with van der Waals surface area (Å²) in [4.78, 5) is 3.87. The minimum absolute atomic E-state index is 0.558. The number of oxazole rings is 1. The Labute approximate surface area is 83.7 Å². The van der Waals surface area contributed by atoms with E-state index < -0.39 is 0 Å². The second-order valence-corrected chi connectivity index (χ2v) is 3.59. The van der Waals surface area contributed by atoms with Crippen molar-refractivity contribution in [3.05, 3.63) is 18.4 Å². The van der Waals surface area contributed by atoms with E-state index in [1.165, 1.54) is 12.8 Å². The molecule has 0 aliphatic carbocycles. The summed E-state index contributed by atoms with van der Waals surface area (Å²) in [5.41, 5.74) is 0. The van der Waals surface area contributed by atoms with Gasteiger partial charge >= 0.3 is 0 Å². The highest BCUT2D eigenvalue weighted by molar-refractivity contribution is 4.88. The molecule has 2 heterocycles. The molecule has 0 amide bonds. The van der Waals surface area contributed by atoms with Crippen molar-refractivity contribution >= 4 is 0 Å². The van der Waals surface area contributed by atoms with Crippen LogP contribution in [0.3, 0.4) is 0 Å². The van der Waals surface area contributed by atoms with Crippen molar-refractivity contribution in [3.63, 3.8) is 0 Å². The van der Waals surface area contributed by atoms with E-state index in [-0.39, 0.29) is 0 Å². The standard InChI is InChI=1S/C10H16N2O2/c1-2-9(3-5-13-4-1)12-7-10-6-11-8-14-10/h6,8-9,12H,1-5,7H2. The maximum Gasteiger partial charge on any atom is 0.180 e. The Kier molecular flexibility index (Phi) is 3.54. The molecule has 4 nitrogen and oxygen atoms in total. The van der Waals surface area contributed by atoms with Crippen LogP contribution in [0.15, 0.2) is 17.0 Å². The third-order valence-electron chi connectivity index (χ3n) is 2.50. The van der Waals surface area contributed by atoms with E-state index in [4.69, 9.17) is 9.15 Å². The first-order valence-corrected chi connectivity index (χ1v) is 5.13. The van der Waals surface area contributed by atoms with Crippen molar-refractivity contribution in [1.29, 1.82) is 0 Å². The molecule has 0 saturated carbocycles. The number of rotatable bonds is 3. The molecule has 1 aliphatic rings. The van der Waals surface area contributed by atoms with Crippen LogP contribution in [0, 0.1) is 0 Å². The van der Waals surface area contributed by atoms with E-state index in [0.29, 0.717) is 6.04 Å². The summed E-state index contributed by atoms with van der Waals surface area (Å²) in [6.45, 7) is 2.54. The normalized spacial score (nSPS) is 23.3. The van der Waals surface area contributed by atoms with E-state index in [1.54, 1.807) is 6.20 Å². The Balaban J connectivity index is 1.73. The van der Waals surface area contributed by atoms with E-state index in [9.17, 15) is 0 Å². The van der Waals surface area contributed by atoms with Crippen LogP contribution in [0.4, 0.5) is 0 Å². The quantitative estimate of drug-likeness (QED) is 0.792. The summed E-state index contributed by atoms with van der Waals surface area (Å²) >= 11 is 0. The van der Waals surface area contributed by atoms with Crippen LogP contribution in [-0.2, 0) is 11.3 Å². The average Bonchev–Trinajstić information content (AvgIpc) is 2.58. The largest absolute Gasteiger partial charge is 0.447 e. The number of nitrogens with one attached hydrogen (secondary N) is 1. The maximum atomic E-state index is 5.39. The lowest BCUT2D eigenvalue weighted by Crippen LogP contribution is -2.28. The SMILES string of the molecule is c1ncc(CNC2CCCOCC2)o1. The second-order valence-electron chi connectivity index (χ2n) is 3.59. The summed E-state index contributed by atoms with van der Waals surface area (Å²) in [5, 5.41) is 3.45. The third-order valence-corrected chi connectivity index (χ3v) is 2.50. The Bertz CT molecular complexity index is 241. The van der Waals surface area contributed by atoms with Crippen LogP contribution < -0.4 is 5.32 Å². The van der Waals surface area contributed by atoms with Gasteiger partial charge in [0.1, 0.15) is 5.76 Å². The summed E-state index contributed by atoms with van der Waals surface area (Å²) < 4.78 is 10.5. The average molecular weight is 196 g/mol. The van der Waals surface area contributed by atoms with Crippen LogP contribution in [-0.4, -0.2) is 24.2 Å². The number of nitrogens with zero attached hydrogens (tertiary/aromatic N) is 1. The number of aromatic nitrogens is 1. The van der Waals surface area contributed by atoms with Gasteiger partial charge in [-0.2, -0.15) is 0 Å². The molecule has 4 heteroatoms. The van der Waals surface area contributed by atoms with Crippen molar-refractivity contribution < 1.29 is 9.15 Å². The zero-order chi connectivity index (χ0) is 9.64. The van der Waals surface area contributed by atoms with E-state index >= 15 is 0 Å². The van der Waals surface area contributed by atoms with Crippen LogP contribution in [0.1, 0.15) is 25.0 Å². The number of ether oxygens (including phenoxy) is 1. The van der Waals surface area contributed by atoms with Gasteiger partial charge in [-0.05, 0) is 19.3 Å². The molecule has 1 aliphatic heterocycles. The summed E-state index contributed by atoms with van der Waals surface area (Å²) in [6, 6.07) is 0.558. The monoisotopic (exact) mass is 196 g/mol. The second kappa shape index (κ2) is 5.12. The van der Waals surface area contributed by atoms with Crippen LogP contribution >= 0.6 is 0 Å². The molecular formula is C10H16N2O2. The first-order valence-electron chi connectivity index (χ1n) is 5.13. The molecule has 78 valence electrons. The van der Waals surface area contributed by atoms with E-state index in [1.807, 2.05) is 0 Å². The van der Waals surface area contributed by atoms with Crippen molar-refractivity contribution in [2.75, 3.05) is 13.2 Å². The Morgan fingerprint density at radius 3 is 3.29 bits per heavy atom. The molecule has 0 radical (unpaired) electrons. The van der Waals surface area contributed by atoms with Gasteiger partial charge in [-0.25, -0.2) is 4.98 Å². The van der Waals surface area contributed by atoms with E-state index in [2.05, 4.69) is 10.3 Å². The molecule has 1 atom stereocenters. The van der Waals surface area contributed by atoms with Gasteiger partial charge in [0.2, 0.25) is 0 Å². The predicted molar refractivity (Wildman–Crippen MR) is 51.8 cm³/mol. The zero-order valence-electron chi connectivity index (χ0n) is 8.24. The lowest BCUT2D eigenvalue weighted by molar-refractivity contribution is 0.142. The number of hydrogen-bond acceptors (Lipinski definition) is 4. The third kappa shape index (κ3) is 2.82. The van der Waals surface area contributed by atoms with Crippen molar-refractivity contribution in [2.45, 2.75) is 31.8 Å². The lowest BCUT2D eigenvalue weighted by atomic mass is 10.1. The zero-order valence-corrected chi connectivity index (χ0v) is 8.24. The fourth-order valence-corrected chi connectivity index (χ4v) is 1.68. The summed E-state index contributed by atoms with van der Waals surface area (Å²) in [6.07, 6.45) is 6.64. The highest BCUT2D eigenvalue weighted by Crippen LogP contribution is 2.08. The summed E-state index contributed by atoms with van der Waals surface area (Å²) in [7, 11) is 0. The fourth-order valence-electron chi connectivity index (χ4n) is 1.68. The van der Waals surface area contributed by atoms with Crippen molar-refractivity contribution in [1.82, 2.24) is 10.3 Å². The molecule has 1 N–H and O–H groups in total. The number of hydrogen-bond donors (Lipinski definition) is 1. The molecule has 0 spiro atoms. The first-order chi connectivity index (χ1) is 6.95. The molecule has 14 heavy (non-hydrogen) atoms. The van der Waals surface area contributed by atoms with Crippen LogP contribution in [0.5, 0.6) is 0 Å². The Morgan fingerprint density at radius 2 is 2.43 bits per heavy atom. The molecule has 2 rings (SSSR count). The summed E-state index contributed by atoms with van der Waals surface area (Å²) in [5.74, 6) is 0.898. The minimum Gasteiger partial charge on any atom is -0.447 e. The van der Waals surface area contributed by atoms with Crippen molar-refractivity contribution in [2.24, 2.45) is 0 Å². The van der Waals surface area contributed by atoms with Crippen LogP contribution in [0.25, 0.3) is 0 Å². The fraction of sp³-hybridized carbons (Fsp3) is 0.700. The topological polar surface area (TPSA) is 47.3 Å². The highest BCUT2D eigenvalue weighted by Gasteiger charge is 2.11. The Morgan fingerprint density at radius 1 is 1.43 bits per heavy atom. The van der Waals surface area contributed by atoms with Gasteiger partial charge in [0.05, 0.1) is 12.7 Å². The highest BCUT2D eigenvalue weighted by atomic mass is 16.5. The lowest BCUT2D eigenvalue weighted by Gasteiger charge is -2.13. The molecule has 1 aromatic heterocycles. The molecule has 0 aromatic carbocycles. The van der Waals surface area contributed by atoms with Gasteiger partial charge < -0.3 is 14.5 Å². The minimum atomic E-state index is 0.558. The molecule has 1 aromatic rings. The molecule has 1 saturated heterocycles. The van der Waals surface area contributed by atoms with Gasteiger partial charge in [-0.1, -0.05) is 0 Å². The first kappa shape index (κ1) is 9.68.